The first-order valence-corrected chi connectivity index (χ1v) is 7.64. The summed E-state index contributed by atoms with van der Waals surface area (Å²) in [6.07, 6.45) is 5.11. The van der Waals surface area contributed by atoms with Gasteiger partial charge in [0.05, 0.1) is 17.8 Å². The quantitative estimate of drug-likeness (QED) is 0.782. The van der Waals surface area contributed by atoms with Crippen LogP contribution >= 0.6 is 11.6 Å². The van der Waals surface area contributed by atoms with Crippen molar-refractivity contribution in [3.05, 3.63) is 65.2 Å². The van der Waals surface area contributed by atoms with Crippen molar-refractivity contribution >= 4 is 23.2 Å². The lowest BCUT2D eigenvalue weighted by atomic mass is 10.2. The Balaban J connectivity index is 1.77. The Morgan fingerprint density at radius 1 is 1.30 bits per heavy atom. The first-order chi connectivity index (χ1) is 11.2. The van der Waals surface area contributed by atoms with E-state index in [1.54, 1.807) is 10.9 Å². The lowest BCUT2D eigenvalue weighted by Gasteiger charge is -2.09. The number of benzene rings is 1. The van der Waals surface area contributed by atoms with Crippen LogP contribution in [0, 0.1) is 0 Å². The van der Waals surface area contributed by atoms with E-state index in [1.165, 1.54) is 6.20 Å². The number of nitrogens with zero attached hydrogens (tertiary/aromatic N) is 4. The van der Waals surface area contributed by atoms with Gasteiger partial charge >= 0.3 is 0 Å². The topological polar surface area (TPSA) is 64.7 Å². The molecule has 0 saturated heterocycles. The van der Waals surface area contributed by atoms with Crippen molar-refractivity contribution < 1.29 is 4.79 Å². The number of nitrogens with one attached hydrogen (secondary N) is 1. The minimum absolute atomic E-state index is 0.273. The molecule has 7 heteroatoms. The second kappa shape index (κ2) is 6.66. The van der Waals surface area contributed by atoms with Gasteiger partial charge in [-0.2, -0.15) is 10.2 Å². The molecule has 0 aliphatic carbocycles. The fourth-order valence-corrected chi connectivity index (χ4v) is 2.57. The van der Waals surface area contributed by atoms with E-state index in [0.717, 1.165) is 5.56 Å². The van der Waals surface area contributed by atoms with E-state index in [9.17, 15) is 4.79 Å². The summed E-state index contributed by atoms with van der Waals surface area (Å²) in [5.41, 5.74) is 2.12. The molecule has 0 atom stereocenters. The molecule has 0 bridgehead atoms. The minimum Gasteiger partial charge on any atom is -0.321 e. The average molecular weight is 330 g/mol. The van der Waals surface area contributed by atoms with Crippen LogP contribution in [0.4, 0.5) is 5.69 Å². The number of carbonyl (C=O) groups is 1. The number of rotatable bonds is 5. The minimum atomic E-state index is -0.273. The molecule has 0 saturated carbocycles. The number of carbonyl (C=O) groups excluding carboxylic acids is 1. The van der Waals surface area contributed by atoms with Crippen molar-refractivity contribution in [1.29, 1.82) is 0 Å². The second-order valence-electron chi connectivity index (χ2n) is 5.02. The van der Waals surface area contributed by atoms with Gasteiger partial charge in [0.1, 0.15) is 5.69 Å². The highest BCUT2D eigenvalue weighted by Gasteiger charge is 2.16. The highest BCUT2D eigenvalue weighted by molar-refractivity contribution is 6.34. The van der Waals surface area contributed by atoms with Crippen LogP contribution in [0.25, 0.3) is 0 Å². The van der Waals surface area contributed by atoms with Gasteiger partial charge in [0.25, 0.3) is 5.91 Å². The third-order valence-electron chi connectivity index (χ3n) is 3.40. The van der Waals surface area contributed by atoms with Crippen molar-refractivity contribution in [2.24, 2.45) is 0 Å². The molecule has 0 radical (unpaired) electrons. The number of aryl methyl sites for hydroxylation is 1. The Kier molecular flexibility index (Phi) is 4.43. The molecule has 118 valence electrons. The summed E-state index contributed by atoms with van der Waals surface area (Å²) in [5.74, 6) is -0.273. The first kappa shape index (κ1) is 15.3. The molecule has 23 heavy (non-hydrogen) atoms. The smallest absolute Gasteiger partial charge is 0.275 e. The van der Waals surface area contributed by atoms with Crippen molar-refractivity contribution in [3.8, 4) is 0 Å². The first-order valence-electron chi connectivity index (χ1n) is 7.26. The lowest BCUT2D eigenvalue weighted by Crippen LogP contribution is -2.18. The molecular formula is C16H16ClN5O. The summed E-state index contributed by atoms with van der Waals surface area (Å²) in [6, 6.07) is 9.51. The third kappa shape index (κ3) is 3.43. The number of hydrogen-bond donors (Lipinski definition) is 1. The molecule has 0 fully saturated rings. The average Bonchev–Trinajstić information content (AvgIpc) is 3.16. The van der Waals surface area contributed by atoms with Crippen molar-refractivity contribution in [1.82, 2.24) is 19.6 Å². The van der Waals surface area contributed by atoms with Crippen molar-refractivity contribution in [2.75, 3.05) is 5.32 Å². The third-order valence-corrected chi connectivity index (χ3v) is 3.67. The molecule has 0 aliphatic heterocycles. The fraction of sp³-hybridized carbons (Fsp3) is 0.188. The zero-order valence-corrected chi connectivity index (χ0v) is 13.4. The van der Waals surface area contributed by atoms with Gasteiger partial charge in [0.15, 0.2) is 0 Å². The molecule has 1 aromatic carbocycles. The van der Waals surface area contributed by atoms with Crippen LogP contribution in [-0.2, 0) is 13.1 Å². The Bertz CT molecular complexity index is 810. The number of amides is 1. The van der Waals surface area contributed by atoms with Gasteiger partial charge in [-0.1, -0.05) is 23.7 Å². The maximum absolute atomic E-state index is 12.4. The highest BCUT2D eigenvalue weighted by Crippen LogP contribution is 2.18. The molecule has 6 nitrogen and oxygen atoms in total. The number of aromatic nitrogens is 4. The monoisotopic (exact) mass is 329 g/mol. The Morgan fingerprint density at radius 2 is 2.17 bits per heavy atom. The molecule has 1 amide bonds. The van der Waals surface area contributed by atoms with Crippen molar-refractivity contribution in [3.63, 3.8) is 0 Å². The van der Waals surface area contributed by atoms with E-state index in [4.69, 9.17) is 11.6 Å². The Morgan fingerprint density at radius 3 is 2.91 bits per heavy atom. The lowest BCUT2D eigenvalue weighted by molar-refractivity contribution is 0.101. The molecule has 1 N–H and O–H groups in total. The molecular weight excluding hydrogens is 314 g/mol. The molecule has 0 unspecified atom stereocenters. The molecule has 0 aliphatic rings. The van der Waals surface area contributed by atoms with Gasteiger partial charge in [-0.25, -0.2) is 0 Å². The standard InChI is InChI=1S/C16H16ClN5O/c1-2-22-15(14(17)10-19-22)16(23)20-13-6-3-5-12(9-13)11-21-8-4-7-18-21/h3-10H,2,11H2,1H3,(H,20,23). The van der Waals surface area contributed by atoms with Crippen LogP contribution in [0.5, 0.6) is 0 Å². The van der Waals surface area contributed by atoms with Crippen molar-refractivity contribution in [2.45, 2.75) is 20.0 Å². The van der Waals surface area contributed by atoms with Gasteiger partial charge < -0.3 is 5.32 Å². The SMILES string of the molecule is CCn1ncc(Cl)c1C(=O)Nc1cccc(Cn2cccn2)c1. The predicted octanol–water partition coefficient (Wildman–Crippen LogP) is 3.05. The van der Waals surface area contributed by atoms with E-state index < -0.39 is 0 Å². The van der Waals surface area contributed by atoms with Crippen LogP contribution < -0.4 is 5.32 Å². The van der Waals surface area contributed by atoms with Gasteiger partial charge in [-0.15, -0.1) is 0 Å². The van der Waals surface area contributed by atoms with Crippen LogP contribution in [0.3, 0.4) is 0 Å². The van der Waals surface area contributed by atoms with Crippen LogP contribution in [-0.4, -0.2) is 25.5 Å². The summed E-state index contributed by atoms with van der Waals surface area (Å²) >= 11 is 6.06. The predicted molar refractivity (Wildman–Crippen MR) is 88.6 cm³/mol. The maximum Gasteiger partial charge on any atom is 0.275 e. The summed E-state index contributed by atoms with van der Waals surface area (Å²) in [6.45, 7) is 3.13. The maximum atomic E-state index is 12.4. The molecule has 2 heterocycles. The number of halogens is 1. The van der Waals surface area contributed by atoms with Crippen LogP contribution in [0.15, 0.2) is 48.9 Å². The number of anilines is 1. The van der Waals surface area contributed by atoms with Gasteiger partial charge in [-0.05, 0) is 30.7 Å². The van der Waals surface area contributed by atoms with Gasteiger partial charge in [0, 0.05) is 24.6 Å². The molecule has 2 aromatic heterocycles. The highest BCUT2D eigenvalue weighted by atomic mass is 35.5. The zero-order valence-electron chi connectivity index (χ0n) is 12.6. The largest absolute Gasteiger partial charge is 0.321 e. The van der Waals surface area contributed by atoms with E-state index in [-0.39, 0.29) is 5.91 Å². The van der Waals surface area contributed by atoms with Gasteiger partial charge in [-0.3, -0.25) is 14.2 Å². The second-order valence-corrected chi connectivity index (χ2v) is 5.42. The van der Waals surface area contributed by atoms with E-state index in [0.29, 0.717) is 29.5 Å². The summed E-state index contributed by atoms with van der Waals surface area (Å²) in [7, 11) is 0. The van der Waals surface area contributed by atoms with Gasteiger partial charge in [0.2, 0.25) is 0 Å². The molecule has 3 rings (SSSR count). The zero-order chi connectivity index (χ0) is 16.2. The Labute approximate surface area is 138 Å². The van der Waals surface area contributed by atoms with E-state index >= 15 is 0 Å². The Hall–Kier alpha value is -2.60. The summed E-state index contributed by atoms with van der Waals surface area (Å²) in [5, 5.41) is 11.5. The van der Waals surface area contributed by atoms with Crippen LogP contribution in [0.1, 0.15) is 23.0 Å². The fourth-order valence-electron chi connectivity index (χ4n) is 2.35. The summed E-state index contributed by atoms with van der Waals surface area (Å²) in [4.78, 5) is 12.4. The molecule has 0 spiro atoms. The molecule has 3 aromatic rings. The van der Waals surface area contributed by atoms with E-state index in [1.807, 2.05) is 48.1 Å². The normalized spacial score (nSPS) is 10.7. The summed E-state index contributed by atoms with van der Waals surface area (Å²) < 4.78 is 3.40. The van der Waals surface area contributed by atoms with E-state index in [2.05, 4.69) is 15.5 Å². The number of hydrogen-bond acceptors (Lipinski definition) is 3. The van der Waals surface area contributed by atoms with Crippen LogP contribution in [0.2, 0.25) is 5.02 Å².